The summed E-state index contributed by atoms with van der Waals surface area (Å²) in [5, 5.41) is 3.04. The topological polar surface area (TPSA) is 61.9 Å². The third-order valence-electron chi connectivity index (χ3n) is 5.82. The van der Waals surface area contributed by atoms with Gasteiger partial charge in [-0.25, -0.2) is 0 Å². The molecule has 29 heavy (non-hydrogen) atoms. The van der Waals surface area contributed by atoms with Crippen LogP contribution in [0.4, 0.5) is 0 Å². The number of carbonyl (C=O) groups is 2. The first kappa shape index (κ1) is 19.5. The van der Waals surface area contributed by atoms with E-state index in [-0.39, 0.29) is 17.9 Å². The molecule has 2 aromatic rings. The summed E-state index contributed by atoms with van der Waals surface area (Å²) in [6.45, 7) is 3.16. The van der Waals surface area contributed by atoms with Crippen LogP contribution in [-0.2, 0) is 13.0 Å². The lowest BCUT2D eigenvalue weighted by Gasteiger charge is -2.25. The number of ether oxygens (including phenoxy) is 1. The molecule has 1 saturated heterocycles. The summed E-state index contributed by atoms with van der Waals surface area (Å²) in [5.41, 5.74) is 3.92. The molecule has 2 aromatic carbocycles. The lowest BCUT2D eigenvalue weighted by atomic mass is 9.97. The minimum Gasteiger partial charge on any atom is -0.497 e. The first-order valence-corrected chi connectivity index (χ1v) is 10.1. The maximum absolute atomic E-state index is 13.0. The largest absolute Gasteiger partial charge is 0.497 e. The van der Waals surface area contributed by atoms with E-state index < -0.39 is 0 Å². The normalized spacial score (nSPS) is 19.0. The molecule has 0 bridgehead atoms. The number of nitrogens with zero attached hydrogens (tertiary/aromatic N) is 2. The average molecular weight is 393 g/mol. The third kappa shape index (κ3) is 4.27. The Hall–Kier alpha value is -2.86. The molecule has 2 heterocycles. The predicted molar refractivity (Wildman–Crippen MR) is 111 cm³/mol. The van der Waals surface area contributed by atoms with Crippen LogP contribution in [0.3, 0.4) is 0 Å². The highest BCUT2D eigenvalue weighted by Crippen LogP contribution is 2.22. The number of rotatable bonds is 4. The van der Waals surface area contributed by atoms with Crippen molar-refractivity contribution in [3.63, 3.8) is 0 Å². The molecular weight excluding hydrogens is 366 g/mol. The van der Waals surface area contributed by atoms with Crippen molar-refractivity contribution in [3.8, 4) is 5.75 Å². The molecule has 4 rings (SSSR count). The van der Waals surface area contributed by atoms with Crippen LogP contribution in [0.15, 0.2) is 42.5 Å². The number of methoxy groups -OCH3 is 1. The van der Waals surface area contributed by atoms with E-state index in [1.807, 2.05) is 17.0 Å². The fourth-order valence-corrected chi connectivity index (χ4v) is 4.08. The Morgan fingerprint density at radius 3 is 2.55 bits per heavy atom. The van der Waals surface area contributed by atoms with E-state index in [9.17, 15) is 9.59 Å². The summed E-state index contributed by atoms with van der Waals surface area (Å²) >= 11 is 0. The van der Waals surface area contributed by atoms with Gasteiger partial charge in [-0.1, -0.05) is 6.07 Å². The van der Waals surface area contributed by atoms with E-state index in [0.29, 0.717) is 18.7 Å². The summed E-state index contributed by atoms with van der Waals surface area (Å²) in [6, 6.07) is 13.1. The molecule has 2 aliphatic rings. The molecule has 1 fully saturated rings. The van der Waals surface area contributed by atoms with Crippen molar-refractivity contribution in [2.24, 2.45) is 0 Å². The predicted octanol–water partition coefficient (Wildman–Crippen LogP) is 2.33. The molecule has 6 heteroatoms. The molecular formula is C23H27N3O3. The highest BCUT2D eigenvalue weighted by molar-refractivity contribution is 5.96. The van der Waals surface area contributed by atoms with Gasteiger partial charge in [-0.2, -0.15) is 0 Å². The Bertz CT molecular complexity index is 910. The van der Waals surface area contributed by atoms with Gasteiger partial charge in [0.25, 0.3) is 11.8 Å². The van der Waals surface area contributed by atoms with Crippen LogP contribution in [-0.4, -0.2) is 61.4 Å². The first-order chi connectivity index (χ1) is 14.0. The van der Waals surface area contributed by atoms with Gasteiger partial charge in [-0.15, -0.1) is 0 Å². The fraction of sp³-hybridized carbons (Fsp3) is 0.391. The molecule has 0 spiro atoms. The second kappa shape index (κ2) is 8.25. The number of carbonyl (C=O) groups excluding carboxylic acids is 2. The van der Waals surface area contributed by atoms with E-state index in [1.165, 1.54) is 11.1 Å². The van der Waals surface area contributed by atoms with Gasteiger partial charge in [0.1, 0.15) is 5.75 Å². The van der Waals surface area contributed by atoms with Crippen molar-refractivity contribution in [3.05, 3.63) is 64.7 Å². The Balaban J connectivity index is 1.36. The van der Waals surface area contributed by atoms with Crippen molar-refractivity contribution in [2.45, 2.75) is 25.4 Å². The molecule has 6 nitrogen and oxygen atoms in total. The Morgan fingerprint density at radius 2 is 1.79 bits per heavy atom. The van der Waals surface area contributed by atoms with Gasteiger partial charge >= 0.3 is 0 Å². The number of benzene rings is 2. The van der Waals surface area contributed by atoms with Crippen LogP contribution in [0.25, 0.3) is 0 Å². The van der Waals surface area contributed by atoms with E-state index in [1.54, 1.807) is 31.4 Å². The maximum Gasteiger partial charge on any atom is 0.253 e. The number of likely N-dealkylation sites (N-methyl/N-ethyl adjacent to an activating group) is 1. The standard InChI is InChI=1S/C23H27N3O3/c1-25-11-9-17-13-18(3-4-19(17)14-25)23(28)26-12-10-20(15-26)24-22(27)16-5-7-21(29-2)8-6-16/h3-8,13,20H,9-12,14-15H2,1-2H3,(H,24,27). The zero-order chi connectivity index (χ0) is 20.4. The van der Waals surface area contributed by atoms with Crippen molar-refractivity contribution in [1.29, 1.82) is 0 Å². The van der Waals surface area contributed by atoms with Crippen molar-refractivity contribution in [1.82, 2.24) is 15.1 Å². The van der Waals surface area contributed by atoms with Crippen LogP contribution >= 0.6 is 0 Å². The van der Waals surface area contributed by atoms with Gasteiger partial charge in [0.05, 0.1) is 7.11 Å². The van der Waals surface area contributed by atoms with Crippen LogP contribution < -0.4 is 10.1 Å². The van der Waals surface area contributed by atoms with E-state index in [2.05, 4.69) is 23.3 Å². The number of nitrogens with one attached hydrogen (secondary N) is 1. The van der Waals surface area contributed by atoms with Gasteiger partial charge in [0.15, 0.2) is 0 Å². The van der Waals surface area contributed by atoms with Gasteiger partial charge in [-0.05, 0) is 67.4 Å². The maximum atomic E-state index is 13.0. The third-order valence-corrected chi connectivity index (χ3v) is 5.82. The SMILES string of the molecule is COc1ccc(C(=O)NC2CCN(C(=O)c3ccc4c(c3)CCN(C)C4)C2)cc1. The molecule has 152 valence electrons. The highest BCUT2D eigenvalue weighted by atomic mass is 16.5. The fourth-order valence-electron chi connectivity index (χ4n) is 4.08. The number of amides is 2. The molecule has 0 radical (unpaired) electrons. The molecule has 2 amide bonds. The van der Waals surface area contributed by atoms with E-state index in [0.717, 1.165) is 37.2 Å². The molecule has 0 aromatic heterocycles. The van der Waals surface area contributed by atoms with Gasteiger partial charge in [-0.3, -0.25) is 9.59 Å². The summed E-state index contributed by atoms with van der Waals surface area (Å²) in [6.07, 6.45) is 1.75. The minimum atomic E-state index is -0.121. The zero-order valence-corrected chi connectivity index (χ0v) is 17.0. The molecule has 0 saturated carbocycles. The minimum absolute atomic E-state index is 0.0279. The summed E-state index contributed by atoms with van der Waals surface area (Å²) in [4.78, 5) is 29.6. The van der Waals surface area contributed by atoms with Crippen molar-refractivity contribution < 1.29 is 14.3 Å². The summed E-state index contributed by atoms with van der Waals surface area (Å²) in [5.74, 6) is 0.647. The molecule has 1 atom stereocenters. The van der Waals surface area contributed by atoms with Crippen LogP contribution in [0, 0.1) is 0 Å². The summed E-state index contributed by atoms with van der Waals surface area (Å²) < 4.78 is 5.13. The average Bonchev–Trinajstić information content (AvgIpc) is 3.21. The van der Waals surface area contributed by atoms with Crippen LogP contribution in [0.5, 0.6) is 5.75 Å². The summed E-state index contributed by atoms with van der Waals surface area (Å²) in [7, 11) is 3.72. The van der Waals surface area contributed by atoms with Crippen molar-refractivity contribution >= 4 is 11.8 Å². The number of hydrogen-bond acceptors (Lipinski definition) is 4. The van der Waals surface area contributed by atoms with E-state index >= 15 is 0 Å². The second-order valence-electron chi connectivity index (χ2n) is 7.91. The Kier molecular flexibility index (Phi) is 5.53. The molecule has 1 unspecified atom stereocenters. The Labute approximate surface area is 171 Å². The number of fused-ring (bicyclic) bond motifs is 1. The lowest BCUT2D eigenvalue weighted by molar-refractivity contribution is 0.0783. The lowest BCUT2D eigenvalue weighted by Crippen LogP contribution is -2.38. The number of hydrogen-bond donors (Lipinski definition) is 1. The van der Waals surface area contributed by atoms with Crippen LogP contribution in [0.1, 0.15) is 38.3 Å². The second-order valence-corrected chi connectivity index (χ2v) is 7.91. The Morgan fingerprint density at radius 1 is 1.03 bits per heavy atom. The zero-order valence-electron chi connectivity index (χ0n) is 17.0. The van der Waals surface area contributed by atoms with Crippen molar-refractivity contribution in [2.75, 3.05) is 33.8 Å². The molecule has 1 N–H and O–H groups in total. The monoisotopic (exact) mass is 393 g/mol. The first-order valence-electron chi connectivity index (χ1n) is 10.1. The quantitative estimate of drug-likeness (QED) is 0.866. The van der Waals surface area contributed by atoms with Gasteiger partial charge in [0, 0.05) is 43.3 Å². The molecule has 0 aliphatic carbocycles. The molecule has 2 aliphatic heterocycles. The van der Waals surface area contributed by atoms with Crippen LogP contribution in [0.2, 0.25) is 0 Å². The van der Waals surface area contributed by atoms with Gasteiger partial charge in [0.2, 0.25) is 0 Å². The number of likely N-dealkylation sites (tertiary alicyclic amines) is 1. The van der Waals surface area contributed by atoms with Gasteiger partial charge < -0.3 is 19.9 Å². The highest BCUT2D eigenvalue weighted by Gasteiger charge is 2.28. The van der Waals surface area contributed by atoms with E-state index in [4.69, 9.17) is 4.74 Å². The smallest absolute Gasteiger partial charge is 0.253 e.